The lowest BCUT2D eigenvalue weighted by atomic mass is 10.1. The molecule has 4 heterocycles. The quantitative estimate of drug-likeness (QED) is 0.0139. The van der Waals surface area contributed by atoms with Gasteiger partial charge in [-0.2, -0.15) is 17.9 Å². The van der Waals surface area contributed by atoms with Crippen LogP contribution in [0.1, 0.15) is 85.4 Å². The molecule has 0 aliphatic carbocycles. The monoisotopic (exact) mass is 1460 g/mol. The van der Waals surface area contributed by atoms with Crippen molar-refractivity contribution in [1.29, 1.82) is 5.26 Å². The number of halogens is 4. The van der Waals surface area contributed by atoms with Crippen molar-refractivity contribution in [3.8, 4) is 17.6 Å². The SMILES string of the molecule is CC1CC(F)(F)CN1C(=O)CNC(=O)c1ccnc2ccc(OCCCCNC(=O)CC[C@H](NC(=O)CCOCCOCCNC(=O)C(CO)NC(=O)C(CO)NC(=O)C(CO)NC(=O)CS)C(=O)NCCCCOc3ccc4nccc(C(=O)NCC(=O)N5CC(F)(F)C[C@H]5C#N)c4c3)cc12. The predicted molar refractivity (Wildman–Crippen MR) is 356 cm³/mol. The van der Waals surface area contributed by atoms with Crippen molar-refractivity contribution in [2.24, 2.45) is 0 Å². The number of aliphatic hydroxyl groups excluding tert-OH is 3. The number of hydrogen-bond donors (Lipinski definition) is 13. The van der Waals surface area contributed by atoms with Crippen molar-refractivity contribution in [2.45, 2.75) is 113 Å². The Kier molecular flexibility index (Phi) is 32.5. The van der Waals surface area contributed by atoms with E-state index in [1.165, 1.54) is 31.5 Å². The fraction of sp³-hybridized carbons (Fsp3) is 0.538. The number of fused-ring (bicyclic) bond motifs is 2. The summed E-state index contributed by atoms with van der Waals surface area (Å²) >= 11 is 3.77. The minimum atomic E-state index is -3.23. The van der Waals surface area contributed by atoms with Crippen LogP contribution in [0.4, 0.5) is 17.6 Å². The van der Waals surface area contributed by atoms with Crippen LogP contribution in [0.25, 0.3) is 21.8 Å². The van der Waals surface area contributed by atoms with Crippen LogP contribution in [0.15, 0.2) is 60.9 Å². The van der Waals surface area contributed by atoms with E-state index in [4.69, 9.17) is 18.9 Å². The van der Waals surface area contributed by atoms with Crippen LogP contribution < -0.4 is 57.3 Å². The average Bonchev–Trinajstić information content (AvgIpc) is 1.37. The van der Waals surface area contributed by atoms with Gasteiger partial charge >= 0.3 is 0 Å². The normalized spacial score (nSPS) is 16.3. The van der Waals surface area contributed by atoms with Crippen LogP contribution in [0.2, 0.25) is 0 Å². The van der Waals surface area contributed by atoms with Gasteiger partial charge in [-0.1, -0.05) is 0 Å². The lowest BCUT2D eigenvalue weighted by Gasteiger charge is -2.23. The molecule has 2 aromatic carbocycles. The summed E-state index contributed by atoms with van der Waals surface area (Å²) in [6.07, 6.45) is 2.81. The number of carbonyl (C=O) groups excluding carboxylic acids is 11. The summed E-state index contributed by atoms with van der Waals surface area (Å²) in [5, 5.41) is 61.1. The second kappa shape index (κ2) is 40.7. The van der Waals surface area contributed by atoms with Crippen LogP contribution in [-0.4, -0.2) is 259 Å². The second-order valence-corrected chi connectivity index (χ2v) is 24.0. The van der Waals surface area contributed by atoms with Crippen molar-refractivity contribution < 1.29 is 105 Å². The van der Waals surface area contributed by atoms with E-state index in [0.29, 0.717) is 59.0 Å². The fourth-order valence-electron chi connectivity index (χ4n) is 10.6. The lowest BCUT2D eigenvalue weighted by Crippen LogP contribution is -2.59. The number of aliphatic hydroxyl groups is 3. The van der Waals surface area contributed by atoms with Gasteiger partial charge in [-0.25, -0.2) is 17.6 Å². The van der Waals surface area contributed by atoms with Gasteiger partial charge in [-0.15, -0.1) is 0 Å². The summed E-state index contributed by atoms with van der Waals surface area (Å²) in [5.74, 6) is -13.8. The summed E-state index contributed by atoms with van der Waals surface area (Å²) in [6.45, 7) is -3.50. The van der Waals surface area contributed by atoms with Gasteiger partial charge in [0, 0.05) is 74.5 Å². The molecule has 0 saturated carbocycles. The molecule has 0 spiro atoms. The summed E-state index contributed by atoms with van der Waals surface area (Å²) in [6, 6.07) is 6.48. The van der Waals surface area contributed by atoms with E-state index in [9.17, 15) is 90.9 Å². The molecular formula is C65H84F4N14O18S. The van der Waals surface area contributed by atoms with Crippen LogP contribution in [0.3, 0.4) is 0 Å². The highest BCUT2D eigenvalue weighted by Crippen LogP contribution is 2.33. The lowest BCUT2D eigenvalue weighted by molar-refractivity contribution is -0.135. The summed E-state index contributed by atoms with van der Waals surface area (Å²) in [7, 11) is 0. The fourth-order valence-corrected chi connectivity index (χ4v) is 10.7. The number of thiol groups is 1. The van der Waals surface area contributed by atoms with Crippen LogP contribution in [0, 0.1) is 11.3 Å². The number of carbonyl (C=O) groups is 11. The molecule has 0 radical (unpaired) electrons. The highest BCUT2D eigenvalue weighted by Gasteiger charge is 2.47. The number of nitrogens with one attached hydrogen (secondary N) is 9. The van der Waals surface area contributed by atoms with Gasteiger partial charge in [0.15, 0.2) is 0 Å². The Morgan fingerprint density at radius 2 is 1.04 bits per heavy atom. The van der Waals surface area contributed by atoms with Crippen molar-refractivity contribution in [3.63, 3.8) is 0 Å². The zero-order valence-electron chi connectivity index (χ0n) is 55.8. The Balaban J connectivity index is 0.932. The van der Waals surface area contributed by atoms with Gasteiger partial charge in [0.2, 0.25) is 53.2 Å². The molecule has 2 aromatic heterocycles. The largest absolute Gasteiger partial charge is 0.494 e. The van der Waals surface area contributed by atoms with Gasteiger partial charge in [-0.3, -0.25) is 62.7 Å². The van der Waals surface area contributed by atoms with E-state index in [-0.39, 0.29) is 95.4 Å². The highest BCUT2D eigenvalue weighted by molar-refractivity contribution is 7.81. The molecule has 6 rings (SSSR count). The van der Waals surface area contributed by atoms with E-state index in [0.717, 1.165) is 9.80 Å². The first-order chi connectivity index (χ1) is 48.8. The van der Waals surface area contributed by atoms with Gasteiger partial charge in [0.25, 0.3) is 23.7 Å². The maximum absolute atomic E-state index is 14.0. The molecule has 2 aliphatic heterocycles. The Labute approximate surface area is 588 Å². The number of rotatable bonds is 42. The van der Waals surface area contributed by atoms with Crippen molar-refractivity contribution in [2.75, 3.05) is 111 Å². The van der Waals surface area contributed by atoms with Crippen LogP contribution >= 0.6 is 12.6 Å². The number of nitrogens with zero attached hydrogens (tertiary/aromatic N) is 5. The molecule has 4 unspecified atom stereocenters. The molecule has 12 N–H and O–H groups in total. The predicted octanol–water partition coefficient (Wildman–Crippen LogP) is -1.33. The van der Waals surface area contributed by atoms with Crippen molar-refractivity contribution >= 4 is 99.4 Å². The molecule has 11 amide bonds. The van der Waals surface area contributed by atoms with Crippen molar-refractivity contribution in [1.82, 2.24) is 67.6 Å². The number of ether oxygens (including phenoxy) is 4. The third-order valence-electron chi connectivity index (χ3n) is 15.9. The van der Waals surface area contributed by atoms with Gasteiger partial charge in [-0.05, 0) is 87.6 Å². The van der Waals surface area contributed by atoms with Crippen molar-refractivity contribution in [3.05, 3.63) is 72.1 Å². The first-order valence-electron chi connectivity index (χ1n) is 32.7. The molecule has 4 aromatic rings. The number of aromatic nitrogens is 2. The molecule has 2 aliphatic rings. The van der Waals surface area contributed by atoms with Gasteiger partial charge in [0.1, 0.15) is 41.7 Å². The van der Waals surface area contributed by atoms with Gasteiger partial charge in [0.05, 0.1) is 120 Å². The first-order valence-corrected chi connectivity index (χ1v) is 33.4. The van der Waals surface area contributed by atoms with E-state index in [1.807, 2.05) is 0 Å². The van der Waals surface area contributed by atoms with Gasteiger partial charge < -0.3 is 91.9 Å². The average molecular weight is 1460 g/mol. The molecule has 0 bridgehead atoms. The summed E-state index contributed by atoms with van der Waals surface area (Å²) in [4.78, 5) is 152. The standard InChI is InChI=1S/C65H84F4N14O18S/c1-39-28-64(66,67)37-82(39)56(90)31-76-58(92)43-12-17-71-47-8-6-41(26-45(43)47)100-20-4-2-15-73-53(87)11-10-49(78-54(88)14-22-98-24-25-99-23-19-75-61(95)50(33-84)80-63(97)52(35-86)81-62(96)51(34-85)79-55(89)36-102)60(94)74-16-3-5-21-101-42-7-9-48-46(27-42)44(13-18-72-48)59(93)77-32-57(91)83-38-65(68,69)29-40(83)30-70/h6-9,12-13,17-18,26-27,39-40,49-52,84-86,102H,2-5,10-11,14-16,19-25,28-29,31-38H2,1H3,(H,73,87)(H,74,94)(H,75,95)(H,76,92)(H,77,93)(H,78,88)(H,79,89)(H,80,97)(H,81,96)/t39?,40-,49-,50?,51?,52?/m0/s1. The molecule has 2 fully saturated rings. The summed E-state index contributed by atoms with van der Waals surface area (Å²) < 4.78 is 78.6. The van der Waals surface area contributed by atoms with Crippen LogP contribution in [0.5, 0.6) is 11.5 Å². The number of amides is 11. The molecule has 37 heteroatoms. The third-order valence-corrected chi connectivity index (χ3v) is 16.2. The number of benzene rings is 2. The minimum Gasteiger partial charge on any atom is -0.494 e. The Morgan fingerprint density at radius 1 is 0.559 bits per heavy atom. The van der Waals surface area contributed by atoms with E-state index in [1.54, 1.807) is 42.5 Å². The molecular weight excluding hydrogens is 1370 g/mol. The minimum absolute atomic E-state index is 0.00391. The number of nitriles is 1. The van der Waals surface area contributed by atoms with E-state index >= 15 is 0 Å². The number of pyridine rings is 2. The molecule has 32 nitrogen and oxygen atoms in total. The smallest absolute Gasteiger partial charge is 0.268 e. The first kappa shape index (κ1) is 81.4. The summed E-state index contributed by atoms with van der Waals surface area (Å²) in [5.41, 5.74) is 1.18. The Bertz CT molecular complexity index is 3640. The Hall–Kier alpha value is -9.61. The number of unbranched alkanes of at least 4 members (excludes halogenated alkanes) is 2. The maximum Gasteiger partial charge on any atom is 0.268 e. The zero-order chi connectivity index (χ0) is 74.4. The second-order valence-electron chi connectivity index (χ2n) is 23.7. The Morgan fingerprint density at radius 3 is 1.57 bits per heavy atom. The number of likely N-dealkylation sites (tertiary alicyclic amines) is 2. The number of hydrogen-bond acceptors (Lipinski definition) is 22. The zero-order valence-corrected chi connectivity index (χ0v) is 56.7. The van der Waals surface area contributed by atoms with E-state index < -0.39 is 172 Å². The molecule has 2 saturated heterocycles. The maximum atomic E-state index is 14.0. The highest BCUT2D eigenvalue weighted by atomic mass is 32.1. The van der Waals surface area contributed by atoms with E-state index in [2.05, 4.69) is 70.4 Å². The number of alkyl halides is 4. The molecule has 556 valence electrons. The molecule has 102 heavy (non-hydrogen) atoms. The third kappa shape index (κ3) is 25.8. The molecule has 6 atom stereocenters. The van der Waals surface area contributed by atoms with Crippen LogP contribution in [-0.2, 0) is 52.6 Å². The topological polar surface area (TPSA) is 450 Å².